The summed E-state index contributed by atoms with van der Waals surface area (Å²) in [6, 6.07) is 18.0. The smallest absolute Gasteiger partial charge is 0.320 e. The van der Waals surface area contributed by atoms with Crippen LogP contribution in [0.15, 0.2) is 66.9 Å². The van der Waals surface area contributed by atoms with E-state index in [1.165, 1.54) is 15.7 Å². The second-order valence-corrected chi connectivity index (χ2v) is 9.35. The van der Waals surface area contributed by atoms with E-state index >= 15 is 0 Å². The Balaban J connectivity index is 1.66. The molecule has 0 aliphatic heterocycles. The lowest BCUT2D eigenvalue weighted by molar-refractivity contribution is 0.0916. The number of rotatable bonds is 11. The van der Waals surface area contributed by atoms with Gasteiger partial charge in [0.25, 0.3) is 5.91 Å². The maximum absolute atomic E-state index is 13.8. The van der Waals surface area contributed by atoms with Gasteiger partial charge in [-0.3, -0.25) is 9.36 Å². The fraction of sp³-hybridized carbons (Fsp3) is 0.273. The van der Waals surface area contributed by atoms with Gasteiger partial charge < -0.3 is 14.4 Å². The van der Waals surface area contributed by atoms with E-state index in [1.54, 1.807) is 44.2 Å². The maximum atomic E-state index is 13.8. The van der Waals surface area contributed by atoms with E-state index in [9.17, 15) is 9.36 Å². The van der Waals surface area contributed by atoms with Crippen molar-refractivity contribution < 1.29 is 18.4 Å². The Labute approximate surface area is 201 Å². The molecule has 35 heavy (non-hydrogen) atoms. The molecule has 0 aliphatic rings. The average molecular weight is 496 g/mol. The van der Waals surface area contributed by atoms with Crippen molar-refractivity contribution in [2.75, 3.05) is 13.2 Å². The first-order valence-corrected chi connectivity index (χ1v) is 12.6. The number of benzene rings is 2. The Bertz CT molecular complexity index is 1290. The summed E-state index contributed by atoms with van der Waals surface area (Å²) in [6.45, 7) is 3.68. The van der Waals surface area contributed by atoms with Crippen molar-refractivity contribution in [3.63, 3.8) is 0 Å². The molecule has 12 nitrogen and oxygen atoms in total. The zero-order valence-corrected chi connectivity index (χ0v) is 20.2. The van der Waals surface area contributed by atoms with Crippen molar-refractivity contribution in [1.82, 2.24) is 40.5 Å². The highest BCUT2D eigenvalue weighted by atomic mass is 31.2. The minimum absolute atomic E-state index is 0.1000. The van der Waals surface area contributed by atoms with Gasteiger partial charge in [-0.15, -0.1) is 15.3 Å². The Hall–Kier alpha value is -3.73. The first-order chi connectivity index (χ1) is 17.0. The van der Waals surface area contributed by atoms with Crippen LogP contribution in [0.2, 0.25) is 0 Å². The summed E-state index contributed by atoms with van der Waals surface area (Å²) in [5.74, 6) is -1.29. The Morgan fingerprint density at radius 2 is 1.66 bits per heavy atom. The monoisotopic (exact) mass is 496 g/mol. The van der Waals surface area contributed by atoms with Crippen LogP contribution < -0.4 is 5.32 Å². The summed E-state index contributed by atoms with van der Waals surface area (Å²) in [5.41, 5.74) is 1.65. The molecule has 2 heterocycles. The third-order valence-electron chi connectivity index (χ3n) is 4.88. The number of hydrogen-bond acceptors (Lipinski definition) is 9. The highest BCUT2D eigenvalue weighted by Gasteiger charge is 2.40. The third kappa shape index (κ3) is 5.68. The molecule has 0 radical (unpaired) electrons. The number of carbonyl (C=O) groups is 1. The molecular formula is C22H25N8O4P. The van der Waals surface area contributed by atoms with Crippen LogP contribution in [0.5, 0.6) is 0 Å². The van der Waals surface area contributed by atoms with Gasteiger partial charge in [0.2, 0.25) is 11.7 Å². The molecule has 0 bridgehead atoms. The van der Waals surface area contributed by atoms with Crippen molar-refractivity contribution in [3.8, 4) is 11.4 Å². The largest absolute Gasteiger partial charge is 0.375 e. The Morgan fingerprint density at radius 3 is 2.31 bits per heavy atom. The molecule has 1 atom stereocenters. The van der Waals surface area contributed by atoms with E-state index in [-0.39, 0.29) is 19.8 Å². The first kappa shape index (κ1) is 24.4. The lowest BCUT2D eigenvalue weighted by Gasteiger charge is -2.27. The van der Waals surface area contributed by atoms with Crippen molar-refractivity contribution in [2.45, 2.75) is 26.3 Å². The summed E-state index contributed by atoms with van der Waals surface area (Å²) in [6.07, 6.45) is 1.47. The molecule has 2 aromatic heterocycles. The van der Waals surface area contributed by atoms with Gasteiger partial charge in [0.05, 0.1) is 25.1 Å². The number of aromatic nitrogens is 7. The highest BCUT2D eigenvalue weighted by Crippen LogP contribution is 2.57. The zero-order chi connectivity index (χ0) is 24.7. The standard InChI is InChI=1S/C22H25N8O4P/c1-3-33-35(32,34-4-2)22(24-21(31)18-13-9-6-10-14-18)30-19(15-23-27-30)16-29-26-20(25-28-29)17-11-7-5-8-12-17/h5-15,22H,3-4,16H2,1-2H3,(H,24,31). The van der Waals surface area contributed by atoms with Gasteiger partial charge in [-0.1, -0.05) is 53.7 Å². The minimum atomic E-state index is -3.90. The molecule has 0 saturated heterocycles. The van der Waals surface area contributed by atoms with Gasteiger partial charge in [-0.2, -0.15) is 4.80 Å². The minimum Gasteiger partial charge on any atom is -0.320 e. The van der Waals surface area contributed by atoms with Gasteiger partial charge in [0.1, 0.15) is 6.54 Å². The van der Waals surface area contributed by atoms with E-state index in [1.807, 2.05) is 30.3 Å². The zero-order valence-electron chi connectivity index (χ0n) is 19.3. The predicted octanol–water partition coefficient (Wildman–Crippen LogP) is 3.13. The number of nitrogens with zero attached hydrogens (tertiary/aromatic N) is 7. The summed E-state index contributed by atoms with van der Waals surface area (Å²) < 4.78 is 26.2. The fourth-order valence-electron chi connectivity index (χ4n) is 3.34. The van der Waals surface area contributed by atoms with Crippen molar-refractivity contribution >= 4 is 13.5 Å². The molecule has 0 saturated carbocycles. The number of hydrogen-bond donors (Lipinski definition) is 1. The molecule has 1 N–H and O–H groups in total. The second-order valence-electron chi connectivity index (χ2n) is 7.27. The van der Waals surface area contributed by atoms with Crippen LogP contribution in [-0.4, -0.2) is 54.3 Å². The molecule has 2 aromatic carbocycles. The number of amides is 1. The van der Waals surface area contributed by atoms with Crippen LogP contribution in [0.1, 0.15) is 35.8 Å². The Morgan fingerprint density at radius 1 is 1.00 bits per heavy atom. The SMILES string of the molecule is CCOP(=O)(OCC)C(NC(=O)c1ccccc1)n1nncc1Cn1nnc(-c2ccccc2)n1. The quantitative estimate of drug-likeness (QED) is 0.310. The summed E-state index contributed by atoms with van der Waals surface area (Å²) >= 11 is 0. The van der Waals surface area contributed by atoms with Crippen LogP contribution in [0.3, 0.4) is 0 Å². The van der Waals surface area contributed by atoms with E-state index in [0.29, 0.717) is 17.1 Å². The molecule has 13 heteroatoms. The fourth-order valence-corrected chi connectivity index (χ4v) is 5.16. The molecule has 0 fully saturated rings. The molecule has 182 valence electrons. The molecule has 4 rings (SSSR count). The van der Waals surface area contributed by atoms with Gasteiger partial charge >= 0.3 is 7.60 Å². The lowest BCUT2D eigenvalue weighted by Crippen LogP contribution is -2.35. The lowest BCUT2D eigenvalue weighted by atomic mass is 10.2. The third-order valence-corrected chi connectivity index (χ3v) is 7.07. The van der Waals surface area contributed by atoms with E-state index in [2.05, 4.69) is 31.0 Å². The van der Waals surface area contributed by atoms with E-state index in [0.717, 1.165) is 5.56 Å². The molecular weight excluding hydrogens is 471 g/mol. The van der Waals surface area contributed by atoms with Crippen molar-refractivity contribution in [1.29, 1.82) is 0 Å². The topological polar surface area (TPSA) is 139 Å². The van der Waals surface area contributed by atoms with Crippen LogP contribution in [-0.2, 0) is 20.2 Å². The highest BCUT2D eigenvalue weighted by molar-refractivity contribution is 7.53. The summed E-state index contributed by atoms with van der Waals surface area (Å²) in [7, 11) is -3.90. The van der Waals surface area contributed by atoms with Gasteiger partial charge in [0, 0.05) is 11.1 Å². The number of tetrazole rings is 1. The Kier molecular flexibility index (Phi) is 7.76. The molecule has 1 unspecified atom stereocenters. The number of nitrogens with one attached hydrogen (secondary N) is 1. The van der Waals surface area contributed by atoms with Crippen LogP contribution in [0.25, 0.3) is 11.4 Å². The van der Waals surface area contributed by atoms with E-state index < -0.39 is 19.4 Å². The number of carbonyl (C=O) groups excluding carboxylic acids is 1. The predicted molar refractivity (Wildman–Crippen MR) is 126 cm³/mol. The van der Waals surface area contributed by atoms with Gasteiger partial charge in [0.15, 0.2) is 0 Å². The second kappa shape index (κ2) is 11.1. The van der Waals surface area contributed by atoms with Crippen LogP contribution in [0, 0.1) is 0 Å². The van der Waals surface area contributed by atoms with E-state index in [4.69, 9.17) is 9.05 Å². The van der Waals surface area contributed by atoms with Crippen molar-refractivity contribution in [3.05, 3.63) is 78.1 Å². The van der Waals surface area contributed by atoms with Gasteiger partial charge in [-0.05, 0) is 31.2 Å². The normalized spacial score (nSPS) is 12.4. The molecule has 0 spiro atoms. The van der Waals surface area contributed by atoms with Crippen LogP contribution >= 0.6 is 7.60 Å². The first-order valence-electron chi connectivity index (χ1n) is 11.0. The summed E-state index contributed by atoms with van der Waals surface area (Å²) in [5, 5.41) is 23.4. The maximum Gasteiger partial charge on any atom is 0.375 e. The summed E-state index contributed by atoms with van der Waals surface area (Å²) in [4.78, 5) is 14.4. The average Bonchev–Trinajstić information content (AvgIpc) is 3.54. The van der Waals surface area contributed by atoms with Gasteiger partial charge in [-0.25, -0.2) is 4.68 Å². The molecule has 1 amide bonds. The van der Waals surface area contributed by atoms with Crippen molar-refractivity contribution in [2.24, 2.45) is 0 Å². The molecule has 0 aliphatic carbocycles. The molecule has 4 aromatic rings. The van der Waals surface area contributed by atoms with Crippen LogP contribution in [0.4, 0.5) is 0 Å².